The van der Waals surface area contributed by atoms with Gasteiger partial charge in [0.2, 0.25) is 5.88 Å². The van der Waals surface area contributed by atoms with Crippen LogP contribution < -0.4 is 5.56 Å². The van der Waals surface area contributed by atoms with Crippen molar-refractivity contribution in [2.24, 2.45) is 10.2 Å². The number of aromatic hydroxyl groups is 1. The van der Waals surface area contributed by atoms with Crippen molar-refractivity contribution in [1.29, 1.82) is 5.26 Å². The molecule has 0 spiro atoms. The maximum Gasteiger partial charge on any atom is 0.303 e. The Hall–Kier alpha value is -4.92. The van der Waals surface area contributed by atoms with E-state index in [9.17, 15) is 35.4 Å². The number of nitriles is 1. The molecule has 160 valence electrons. The molecule has 0 aliphatic rings. The number of benzene rings is 2. The third-order valence-electron chi connectivity index (χ3n) is 4.58. The van der Waals surface area contributed by atoms with E-state index in [-0.39, 0.29) is 29.0 Å². The summed E-state index contributed by atoms with van der Waals surface area (Å²) in [6, 6.07) is 13.3. The largest absolute Gasteiger partial charge is 0.493 e. The first-order chi connectivity index (χ1) is 15.2. The second-order valence-corrected chi connectivity index (χ2v) is 6.55. The molecule has 0 saturated carbocycles. The third kappa shape index (κ3) is 4.17. The van der Waals surface area contributed by atoms with Gasteiger partial charge in [-0.1, -0.05) is 30.3 Å². The number of hydrogen-bond donors (Lipinski definition) is 1. The van der Waals surface area contributed by atoms with E-state index in [1.165, 1.54) is 6.92 Å². The number of azo groups is 1. The fourth-order valence-electron chi connectivity index (χ4n) is 2.93. The highest BCUT2D eigenvalue weighted by atomic mass is 16.6. The molecule has 0 saturated heterocycles. The van der Waals surface area contributed by atoms with Gasteiger partial charge in [0.1, 0.15) is 11.6 Å². The van der Waals surface area contributed by atoms with Crippen LogP contribution in [-0.4, -0.2) is 19.5 Å². The molecule has 0 radical (unpaired) electrons. The summed E-state index contributed by atoms with van der Waals surface area (Å²) in [5.41, 5.74) is -2.07. The lowest BCUT2D eigenvalue weighted by Gasteiger charge is -2.13. The summed E-state index contributed by atoms with van der Waals surface area (Å²) in [5.74, 6) is -0.542. The van der Waals surface area contributed by atoms with Crippen molar-refractivity contribution in [2.45, 2.75) is 13.5 Å². The Morgan fingerprint density at radius 2 is 1.78 bits per heavy atom. The van der Waals surface area contributed by atoms with E-state index in [2.05, 4.69) is 10.2 Å². The highest BCUT2D eigenvalue weighted by molar-refractivity contribution is 5.62. The van der Waals surface area contributed by atoms with Crippen LogP contribution in [0.25, 0.3) is 0 Å². The summed E-state index contributed by atoms with van der Waals surface area (Å²) < 4.78 is 0.944. The van der Waals surface area contributed by atoms with Gasteiger partial charge in [0.15, 0.2) is 11.4 Å². The van der Waals surface area contributed by atoms with Crippen molar-refractivity contribution >= 4 is 22.7 Å². The molecular weight excluding hydrogens is 420 g/mol. The van der Waals surface area contributed by atoms with Crippen LogP contribution >= 0.6 is 0 Å². The van der Waals surface area contributed by atoms with Gasteiger partial charge in [-0.05, 0) is 18.6 Å². The molecule has 0 unspecified atom stereocenters. The van der Waals surface area contributed by atoms with E-state index < -0.39 is 32.7 Å². The van der Waals surface area contributed by atoms with E-state index in [0.29, 0.717) is 5.56 Å². The number of rotatable bonds is 6. The quantitative estimate of drug-likeness (QED) is 0.346. The van der Waals surface area contributed by atoms with Crippen molar-refractivity contribution in [3.05, 3.63) is 95.8 Å². The van der Waals surface area contributed by atoms with Crippen LogP contribution in [-0.2, 0) is 6.54 Å². The minimum atomic E-state index is -0.862. The third-order valence-corrected chi connectivity index (χ3v) is 4.58. The first kappa shape index (κ1) is 21.8. The Balaban J connectivity index is 2.15. The summed E-state index contributed by atoms with van der Waals surface area (Å²) in [6.07, 6.45) is 0. The summed E-state index contributed by atoms with van der Waals surface area (Å²) in [7, 11) is 0. The van der Waals surface area contributed by atoms with Gasteiger partial charge in [0, 0.05) is 11.6 Å². The molecule has 32 heavy (non-hydrogen) atoms. The minimum Gasteiger partial charge on any atom is -0.493 e. The summed E-state index contributed by atoms with van der Waals surface area (Å²) >= 11 is 0. The van der Waals surface area contributed by atoms with E-state index >= 15 is 0 Å². The van der Waals surface area contributed by atoms with Crippen LogP contribution in [0.5, 0.6) is 5.88 Å². The Morgan fingerprint density at radius 1 is 1.09 bits per heavy atom. The molecule has 1 heterocycles. The predicted octanol–water partition coefficient (Wildman–Crippen LogP) is 4.01. The normalized spacial score (nSPS) is 10.8. The lowest BCUT2D eigenvalue weighted by atomic mass is 10.1. The highest BCUT2D eigenvalue weighted by Gasteiger charge is 2.22. The van der Waals surface area contributed by atoms with Crippen LogP contribution in [0.4, 0.5) is 22.7 Å². The lowest BCUT2D eigenvalue weighted by molar-refractivity contribution is -0.393. The Labute approximate surface area is 179 Å². The summed E-state index contributed by atoms with van der Waals surface area (Å²) in [4.78, 5) is 33.5. The Bertz CT molecular complexity index is 1360. The minimum absolute atomic E-state index is 0.0348. The zero-order valence-corrected chi connectivity index (χ0v) is 16.5. The zero-order valence-electron chi connectivity index (χ0n) is 16.5. The standard InChI is InChI=1S/C20H14N6O6/c1-12-15(10-21)19(27)24(11-13-5-3-2-4-6-13)20(28)18(12)23-22-16-8-7-14(25(29)30)9-17(16)26(31)32/h2-9,27H,11H2,1H3. The molecule has 12 heteroatoms. The second kappa shape index (κ2) is 8.84. The van der Waals surface area contributed by atoms with Gasteiger partial charge in [-0.2, -0.15) is 5.26 Å². The monoisotopic (exact) mass is 434 g/mol. The number of aromatic nitrogens is 1. The summed E-state index contributed by atoms with van der Waals surface area (Å²) in [5, 5.41) is 49.6. The van der Waals surface area contributed by atoms with Gasteiger partial charge < -0.3 is 5.11 Å². The van der Waals surface area contributed by atoms with E-state index in [1.807, 2.05) is 6.07 Å². The van der Waals surface area contributed by atoms with Gasteiger partial charge in [0.25, 0.3) is 11.2 Å². The van der Waals surface area contributed by atoms with Gasteiger partial charge >= 0.3 is 5.69 Å². The molecule has 1 aromatic heterocycles. The molecule has 0 fully saturated rings. The molecule has 12 nitrogen and oxygen atoms in total. The number of nitro benzene ring substituents is 2. The van der Waals surface area contributed by atoms with Crippen molar-refractivity contribution in [3.8, 4) is 11.9 Å². The molecule has 0 aliphatic carbocycles. The smallest absolute Gasteiger partial charge is 0.303 e. The number of nitrogens with zero attached hydrogens (tertiary/aromatic N) is 6. The average Bonchev–Trinajstić information content (AvgIpc) is 2.77. The number of pyridine rings is 1. The SMILES string of the molecule is Cc1c(C#N)c(O)n(Cc2ccccc2)c(=O)c1N=Nc1ccc([N+](=O)[O-])cc1[N+](=O)[O-]. The number of hydrogen-bond acceptors (Lipinski definition) is 9. The molecular formula is C20H14N6O6. The second-order valence-electron chi connectivity index (χ2n) is 6.55. The van der Waals surface area contributed by atoms with Gasteiger partial charge in [0.05, 0.1) is 22.5 Å². The zero-order chi connectivity index (χ0) is 23.4. The van der Waals surface area contributed by atoms with Crippen LogP contribution in [0.3, 0.4) is 0 Å². The Kier molecular flexibility index (Phi) is 6.02. The molecule has 0 atom stereocenters. The average molecular weight is 434 g/mol. The van der Waals surface area contributed by atoms with Crippen molar-refractivity contribution < 1.29 is 15.0 Å². The van der Waals surface area contributed by atoms with Gasteiger partial charge in [-0.25, -0.2) is 0 Å². The Morgan fingerprint density at radius 3 is 2.38 bits per heavy atom. The molecule has 3 aromatic rings. The first-order valence-electron chi connectivity index (χ1n) is 8.99. The van der Waals surface area contributed by atoms with E-state index in [1.54, 1.807) is 30.3 Å². The fourth-order valence-corrected chi connectivity index (χ4v) is 2.93. The van der Waals surface area contributed by atoms with E-state index in [4.69, 9.17) is 0 Å². The van der Waals surface area contributed by atoms with Crippen molar-refractivity contribution in [3.63, 3.8) is 0 Å². The van der Waals surface area contributed by atoms with E-state index in [0.717, 1.165) is 22.8 Å². The van der Waals surface area contributed by atoms with Gasteiger partial charge in [-0.3, -0.25) is 29.6 Å². The summed E-state index contributed by atoms with van der Waals surface area (Å²) in [6.45, 7) is 1.33. The lowest BCUT2D eigenvalue weighted by Crippen LogP contribution is -2.22. The maximum atomic E-state index is 13.0. The van der Waals surface area contributed by atoms with Crippen LogP contribution in [0, 0.1) is 38.5 Å². The van der Waals surface area contributed by atoms with Crippen LogP contribution in [0.1, 0.15) is 16.7 Å². The molecule has 2 aromatic carbocycles. The molecule has 0 amide bonds. The molecule has 1 N–H and O–H groups in total. The molecule has 0 bridgehead atoms. The number of non-ortho nitro benzene ring substituents is 1. The molecule has 0 aliphatic heterocycles. The van der Waals surface area contributed by atoms with Crippen LogP contribution in [0.15, 0.2) is 63.6 Å². The topological polar surface area (TPSA) is 177 Å². The fraction of sp³-hybridized carbons (Fsp3) is 0.100. The predicted molar refractivity (Wildman–Crippen MR) is 111 cm³/mol. The van der Waals surface area contributed by atoms with Crippen LogP contribution in [0.2, 0.25) is 0 Å². The number of nitro groups is 2. The maximum absolute atomic E-state index is 13.0. The van der Waals surface area contributed by atoms with Crippen molar-refractivity contribution in [1.82, 2.24) is 4.57 Å². The molecule has 3 rings (SSSR count). The van der Waals surface area contributed by atoms with Gasteiger partial charge in [-0.15, -0.1) is 10.2 Å². The first-order valence-corrected chi connectivity index (χ1v) is 8.99. The highest BCUT2D eigenvalue weighted by Crippen LogP contribution is 2.33. The van der Waals surface area contributed by atoms with Crippen molar-refractivity contribution in [2.75, 3.05) is 0 Å².